The Morgan fingerprint density at radius 1 is 1.26 bits per heavy atom. The van der Waals surface area contributed by atoms with Gasteiger partial charge >= 0.3 is 0 Å². The Morgan fingerprint density at radius 2 is 1.93 bits per heavy atom. The number of hydrogen-bond donors (Lipinski definition) is 1. The molecule has 1 aromatic rings. The molecule has 1 saturated heterocycles. The van der Waals surface area contributed by atoms with Crippen molar-refractivity contribution in [3.05, 3.63) is 21.3 Å². The topological polar surface area (TPSA) is 65.0 Å². The van der Waals surface area contributed by atoms with Crippen LogP contribution in [0.3, 0.4) is 0 Å². The molecule has 6 nitrogen and oxygen atoms in total. The van der Waals surface area contributed by atoms with Crippen molar-refractivity contribution < 1.29 is 8.42 Å². The van der Waals surface area contributed by atoms with E-state index in [0.717, 1.165) is 49.6 Å². The van der Waals surface area contributed by atoms with Gasteiger partial charge in [-0.15, -0.1) is 11.3 Å². The van der Waals surface area contributed by atoms with E-state index in [9.17, 15) is 8.42 Å². The first-order chi connectivity index (χ1) is 12.6. The van der Waals surface area contributed by atoms with E-state index < -0.39 is 14.6 Å². The number of nitrogens with one attached hydrogen (secondary N) is 1. The van der Waals surface area contributed by atoms with E-state index in [-0.39, 0.29) is 12.3 Å². The van der Waals surface area contributed by atoms with Crippen molar-refractivity contribution >= 4 is 38.7 Å². The minimum atomic E-state index is -3.15. The minimum absolute atomic E-state index is 0.0739. The fraction of sp³-hybridized carbons (Fsp3) is 0.722. The first kappa shape index (κ1) is 22.5. The molecule has 1 N–H and O–H groups in total. The van der Waals surface area contributed by atoms with E-state index in [1.165, 1.54) is 4.88 Å². The fourth-order valence-corrected chi connectivity index (χ4v) is 4.85. The molecule has 1 aliphatic rings. The Morgan fingerprint density at radius 3 is 2.44 bits per heavy atom. The zero-order valence-corrected chi connectivity index (χ0v) is 19.1. The summed E-state index contributed by atoms with van der Waals surface area (Å²) in [6.45, 7) is 12.8. The molecule has 0 spiro atoms. The van der Waals surface area contributed by atoms with Gasteiger partial charge in [0.25, 0.3) is 0 Å². The number of thiophene rings is 1. The maximum absolute atomic E-state index is 12.3. The molecule has 27 heavy (non-hydrogen) atoms. The maximum Gasteiger partial charge on any atom is 0.194 e. The fourth-order valence-electron chi connectivity index (χ4n) is 2.78. The van der Waals surface area contributed by atoms with Crippen LogP contribution in [0.1, 0.15) is 32.6 Å². The molecule has 0 atom stereocenters. The molecular weight excluding hydrogens is 404 g/mol. The molecule has 0 radical (unpaired) electrons. The van der Waals surface area contributed by atoms with Crippen LogP contribution in [0.4, 0.5) is 0 Å². The summed E-state index contributed by atoms with van der Waals surface area (Å²) in [6.07, 6.45) is 0. The molecule has 2 heterocycles. The van der Waals surface area contributed by atoms with E-state index >= 15 is 0 Å². The average Bonchev–Trinajstić information content (AvgIpc) is 2.98. The monoisotopic (exact) mass is 434 g/mol. The number of hydrogen-bond acceptors (Lipinski definition) is 5. The Hall–Kier alpha value is -0.830. The summed E-state index contributed by atoms with van der Waals surface area (Å²) >= 11 is 7.64. The highest BCUT2D eigenvalue weighted by molar-refractivity contribution is 7.92. The molecule has 0 aliphatic carbocycles. The van der Waals surface area contributed by atoms with Crippen LogP contribution in [0, 0.1) is 0 Å². The second kappa shape index (κ2) is 9.58. The molecule has 0 bridgehead atoms. The van der Waals surface area contributed by atoms with Gasteiger partial charge in [-0.1, -0.05) is 11.6 Å². The summed E-state index contributed by atoms with van der Waals surface area (Å²) in [4.78, 5) is 10.5. The van der Waals surface area contributed by atoms with Crippen molar-refractivity contribution in [2.45, 2.75) is 39.0 Å². The molecule has 1 fully saturated rings. The highest BCUT2D eigenvalue weighted by atomic mass is 35.5. The Kier molecular flexibility index (Phi) is 7.97. The molecule has 0 saturated carbocycles. The summed E-state index contributed by atoms with van der Waals surface area (Å²) in [5, 5.41) is 3.29. The molecule has 0 aromatic carbocycles. The maximum atomic E-state index is 12.3. The number of rotatable bonds is 6. The van der Waals surface area contributed by atoms with Crippen molar-refractivity contribution in [3.8, 4) is 0 Å². The van der Waals surface area contributed by atoms with Crippen LogP contribution in [-0.2, 0) is 16.4 Å². The van der Waals surface area contributed by atoms with Crippen LogP contribution in [-0.4, -0.2) is 73.9 Å². The minimum Gasteiger partial charge on any atom is -0.357 e. The first-order valence-corrected chi connectivity index (χ1v) is 12.2. The van der Waals surface area contributed by atoms with Gasteiger partial charge in [0, 0.05) is 44.1 Å². The number of aliphatic imine (C=N–C) groups is 1. The van der Waals surface area contributed by atoms with Crippen molar-refractivity contribution in [3.63, 3.8) is 0 Å². The summed E-state index contributed by atoms with van der Waals surface area (Å²) in [7, 11) is -3.15. The molecule has 9 heteroatoms. The van der Waals surface area contributed by atoms with Gasteiger partial charge in [0.05, 0.1) is 21.4 Å². The zero-order chi connectivity index (χ0) is 20.1. The predicted molar refractivity (Wildman–Crippen MR) is 116 cm³/mol. The lowest BCUT2D eigenvalue weighted by Crippen LogP contribution is -2.52. The van der Waals surface area contributed by atoms with Crippen LogP contribution in [0.2, 0.25) is 4.34 Å². The van der Waals surface area contributed by atoms with Gasteiger partial charge in [-0.3, -0.25) is 9.89 Å². The van der Waals surface area contributed by atoms with Gasteiger partial charge in [0.15, 0.2) is 15.8 Å². The van der Waals surface area contributed by atoms with Crippen LogP contribution >= 0.6 is 22.9 Å². The third kappa shape index (κ3) is 6.62. The Balaban J connectivity index is 1.89. The standard InChI is InChI=1S/C18H31ClN4O2S2/c1-5-20-17(21-8-13-27(24,25)18(2,3)4)23-11-9-22(10-12-23)14-15-6-7-16(19)26-15/h6-7H,5,8-14H2,1-4H3,(H,20,21). The highest BCUT2D eigenvalue weighted by Gasteiger charge is 2.28. The van der Waals surface area contributed by atoms with E-state index in [0.29, 0.717) is 0 Å². The van der Waals surface area contributed by atoms with Gasteiger partial charge in [-0.25, -0.2) is 8.42 Å². The summed E-state index contributed by atoms with van der Waals surface area (Å²) in [6, 6.07) is 4.03. The summed E-state index contributed by atoms with van der Waals surface area (Å²) in [5.41, 5.74) is 0. The number of piperazine rings is 1. The quantitative estimate of drug-likeness (QED) is 0.550. The summed E-state index contributed by atoms with van der Waals surface area (Å²) in [5.74, 6) is 0.880. The van der Waals surface area contributed by atoms with E-state index in [1.807, 2.05) is 13.0 Å². The second-order valence-electron chi connectivity index (χ2n) is 7.64. The van der Waals surface area contributed by atoms with Crippen LogP contribution < -0.4 is 5.32 Å². The molecule has 2 rings (SSSR count). The normalized spacial score (nSPS) is 17.4. The Labute approximate surface area is 172 Å². The van der Waals surface area contributed by atoms with Crippen molar-refractivity contribution in [1.29, 1.82) is 0 Å². The smallest absolute Gasteiger partial charge is 0.194 e. The lowest BCUT2D eigenvalue weighted by molar-refractivity contribution is 0.174. The SMILES string of the molecule is CCNC(=NCCS(=O)(=O)C(C)(C)C)N1CCN(Cc2ccc(Cl)s2)CC1. The van der Waals surface area contributed by atoms with Gasteiger partial charge in [-0.05, 0) is 39.8 Å². The predicted octanol–water partition coefficient (Wildman–Crippen LogP) is 2.70. The number of halogens is 1. The van der Waals surface area contributed by atoms with Crippen molar-refractivity contribution in [2.75, 3.05) is 45.0 Å². The average molecular weight is 435 g/mol. The second-order valence-corrected chi connectivity index (χ2v) is 12.3. The lowest BCUT2D eigenvalue weighted by Gasteiger charge is -2.36. The lowest BCUT2D eigenvalue weighted by atomic mass is 10.3. The Bertz CT molecular complexity index is 733. The van der Waals surface area contributed by atoms with Gasteiger partial charge in [0.2, 0.25) is 0 Å². The third-order valence-corrected chi connectivity index (χ3v) is 8.37. The molecular formula is C18H31ClN4O2S2. The van der Waals surface area contributed by atoms with E-state index in [1.54, 1.807) is 32.1 Å². The molecule has 1 aromatic heterocycles. The largest absolute Gasteiger partial charge is 0.357 e. The van der Waals surface area contributed by atoms with Crippen molar-refractivity contribution in [1.82, 2.24) is 15.1 Å². The van der Waals surface area contributed by atoms with Crippen LogP contribution in [0.25, 0.3) is 0 Å². The van der Waals surface area contributed by atoms with E-state index in [2.05, 4.69) is 26.2 Å². The molecule has 154 valence electrons. The number of guanidine groups is 1. The van der Waals surface area contributed by atoms with E-state index in [4.69, 9.17) is 11.6 Å². The summed E-state index contributed by atoms with van der Waals surface area (Å²) < 4.78 is 24.6. The van der Waals surface area contributed by atoms with Crippen LogP contribution in [0.5, 0.6) is 0 Å². The molecule has 0 unspecified atom stereocenters. The third-order valence-electron chi connectivity index (χ3n) is 4.57. The highest BCUT2D eigenvalue weighted by Crippen LogP contribution is 2.23. The van der Waals surface area contributed by atoms with Gasteiger partial charge < -0.3 is 10.2 Å². The molecule has 1 aliphatic heterocycles. The first-order valence-electron chi connectivity index (χ1n) is 9.34. The van der Waals surface area contributed by atoms with Gasteiger partial charge in [-0.2, -0.15) is 0 Å². The number of sulfone groups is 1. The van der Waals surface area contributed by atoms with Crippen molar-refractivity contribution in [2.24, 2.45) is 4.99 Å². The zero-order valence-electron chi connectivity index (χ0n) is 16.7. The van der Waals surface area contributed by atoms with Gasteiger partial charge in [0.1, 0.15) is 0 Å². The number of nitrogens with zero attached hydrogens (tertiary/aromatic N) is 3. The van der Waals surface area contributed by atoms with Crippen LogP contribution in [0.15, 0.2) is 17.1 Å². The molecule has 0 amide bonds.